The van der Waals surface area contributed by atoms with E-state index in [4.69, 9.17) is 23.1 Å². The van der Waals surface area contributed by atoms with Gasteiger partial charge in [-0.15, -0.1) is 0 Å². The minimum absolute atomic E-state index is 0.213. The third-order valence-corrected chi connectivity index (χ3v) is 3.13. The van der Waals surface area contributed by atoms with Crippen LogP contribution in [0.3, 0.4) is 0 Å². The molecule has 1 unspecified atom stereocenters. The SMILES string of the molecule is Cc1cc(C(N)=S)nc(N2CCC(CO)C2)n1. The van der Waals surface area contributed by atoms with E-state index in [9.17, 15) is 0 Å². The fraction of sp³-hybridized carbons (Fsp3) is 0.545. The molecular formula is C11H16N4OS. The molecule has 0 radical (unpaired) electrons. The monoisotopic (exact) mass is 252 g/mol. The Bertz CT molecular complexity index is 437. The molecule has 1 aliphatic rings. The van der Waals surface area contributed by atoms with E-state index in [2.05, 4.69) is 14.9 Å². The lowest BCUT2D eigenvalue weighted by molar-refractivity contribution is 0.238. The second-order valence-corrected chi connectivity index (χ2v) is 4.78. The summed E-state index contributed by atoms with van der Waals surface area (Å²) in [6.07, 6.45) is 0.968. The molecule has 1 saturated heterocycles. The van der Waals surface area contributed by atoms with E-state index < -0.39 is 0 Å². The average molecular weight is 252 g/mol. The predicted octanol–water partition coefficient (Wildman–Crippen LogP) is 0.238. The summed E-state index contributed by atoms with van der Waals surface area (Å²) >= 11 is 4.93. The summed E-state index contributed by atoms with van der Waals surface area (Å²) in [5, 5.41) is 9.12. The van der Waals surface area contributed by atoms with E-state index in [1.54, 1.807) is 6.07 Å². The molecule has 2 heterocycles. The van der Waals surface area contributed by atoms with E-state index >= 15 is 0 Å². The van der Waals surface area contributed by atoms with E-state index in [0.717, 1.165) is 25.2 Å². The van der Waals surface area contributed by atoms with Gasteiger partial charge >= 0.3 is 0 Å². The minimum Gasteiger partial charge on any atom is -0.396 e. The highest BCUT2D eigenvalue weighted by Gasteiger charge is 2.24. The first-order chi connectivity index (χ1) is 8.10. The van der Waals surface area contributed by atoms with Crippen molar-refractivity contribution in [2.75, 3.05) is 24.6 Å². The zero-order valence-electron chi connectivity index (χ0n) is 9.76. The van der Waals surface area contributed by atoms with Gasteiger partial charge in [0.05, 0.1) is 0 Å². The van der Waals surface area contributed by atoms with Crippen molar-refractivity contribution in [3.05, 3.63) is 17.5 Å². The van der Waals surface area contributed by atoms with Gasteiger partial charge in [0.1, 0.15) is 10.7 Å². The molecule has 2 rings (SSSR count). The number of rotatable bonds is 3. The van der Waals surface area contributed by atoms with E-state index in [1.165, 1.54) is 0 Å². The Balaban J connectivity index is 2.24. The van der Waals surface area contributed by atoms with Crippen LogP contribution in [0.4, 0.5) is 5.95 Å². The maximum Gasteiger partial charge on any atom is 0.226 e. The second-order valence-electron chi connectivity index (χ2n) is 4.34. The van der Waals surface area contributed by atoms with E-state index in [-0.39, 0.29) is 11.6 Å². The highest BCUT2D eigenvalue weighted by atomic mass is 32.1. The van der Waals surface area contributed by atoms with Crippen LogP contribution in [0.25, 0.3) is 0 Å². The lowest BCUT2D eigenvalue weighted by Crippen LogP contribution is -2.24. The standard InChI is InChI=1S/C11H16N4OS/c1-7-4-9(10(12)17)14-11(13-7)15-3-2-8(5-15)6-16/h4,8,16H,2-3,5-6H2,1H3,(H2,12,17). The van der Waals surface area contributed by atoms with Crippen LogP contribution in [0.2, 0.25) is 0 Å². The second kappa shape index (κ2) is 4.93. The number of aryl methyl sites for hydroxylation is 1. The predicted molar refractivity (Wildman–Crippen MR) is 70.1 cm³/mol. The molecule has 6 heteroatoms. The van der Waals surface area contributed by atoms with Gasteiger partial charge in [0, 0.05) is 31.3 Å². The van der Waals surface area contributed by atoms with Crippen LogP contribution in [0.5, 0.6) is 0 Å². The molecule has 1 aliphatic heterocycles. The number of nitrogens with zero attached hydrogens (tertiary/aromatic N) is 3. The first kappa shape index (κ1) is 12.2. The van der Waals surface area contributed by atoms with Crippen LogP contribution >= 0.6 is 12.2 Å². The molecule has 1 fully saturated rings. The van der Waals surface area contributed by atoms with Gasteiger partial charge < -0.3 is 15.7 Å². The van der Waals surface area contributed by atoms with Crippen LogP contribution in [0.1, 0.15) is 17.8 Å². The molecule has 1 aromatic rings. The number of thiocarbonyl (C=S) groups is 1. The van der Waals surface area contributed by atoms with Gasteiger partial charge in [0.25, 0.3) is 0 Å². The Morgan fingerprint density at radius 2 is 2.41 bits per heavy atom. The number of nitrogens with two attached hydrogens (primary N) is 1. The first-order valence-corrected chi connectivity index (χ1v) is 6.02. The van der Waals surface area contributed by atoms with Crippen LogP contribution < -0.4 is 10.6 Å². The molecule has 17 heavy (non-hydrogen) atoms. The molecule has 0 bridgehead atoms. The van der Waals surface area contributed by atoms with E-state index in [1.807, 2.05) is 6.92 Å². The van der Waals surface area contributed by atoms with Crippen molar-refractivity contribution in [2.24, 2.45) is 11.7 Å². The number of anilines is 1. The Labute approximate surface area is 106 Å². The molecule has 0 spiro atoms. The summed E-state index contributed by atoms with van der Waals surface area (Å²) in [7, 11) is 0. The topological polar surface area (TPSA) is 75.3 Å². The van der Waals surface area contributed by atoms with Crippen LogP contribution in [-0.2, 0) is 0 Å². The van der Waals surface area contributed by atoms with Crippen molar-refractivity contribution >= 4 is 23.2 Å². The smallest absolute Gasteiger partial charge is 0.226 e. The van der Waals surface area contributed by atoms with Crippen LogP contribution in [-0.4, -0.2) is 39.8 Å². The van der Waals surface area contributed by atoms with Crippen molar-refractivity contribution in [2.45, 2.75) is 13.3 Å². The van der Waals surface area contributed by atoms with Gasteiger partial charge in [-0.1, -0.05) is 12.2 Å². The maximum atomic E-state index is 9.12. The fourth-order valence-electron chi connectivity index (χ4n) is 1.98. The van der Waals surface area contributed by atoms with Crippen LogP contribution in [0.15, 0.2) is 6.07 Å². The lowest BCUT2D eigenvalue weighted by Gasteiger charge is -2.17. The summed E-state index contributed by atoms with van der Waals surface area (Å²) in [5.74, 6) is 0.969. The zero-order valence-corrected chi connectivity index (χ0v) is 10.6. The Morgan fingerprint density at radius 1 is 1.65 bits per heavy atom. The molecule has 0 aliphatic carbocycles. The summed E-state index contributed by atoms with van der Waals surface area (Å²) < 4.78 is 0. The molecule has 0 aromatic carbocycles. The van der Waals surface area contributed by atoms with Gasteiger partial charge in [0.2, 0.25) is 5.95 Å². The van der Waals surface area contributed by atoms with Gasteiger partial charge in [-0.3, -0.25) is 0 Å². The highest BCUT2D eigenvalue weighted by molar-refractivity contribution is 7.80. The quantitative estimate of drug-likeness (QED) is 0.751. The molecule has 5 nitrogen and oxygen atoms in total. The number of hydrogen-bond acceptors (Lipinski definition) is 5. The number of aliphatic hydroxyl groups excluding tert-OH is 1. The summed E-state index contributed by atoms with van der Waals surface area (Å²) in [5.41, 5.74) is 7.04. The normalized spacial score (nSPS) is 19.6. The number of aliphatic hydroxyl groups is 1. The Hall–Kier alpha value is -1.27. The van der Waals surface area contributed by atoms with Gasteiger partial charge in [0.15, 0.2) is 0 Å². The Kier molecular flexibility index (Phi) is 3.54. The Morgan fingerprint density at radius 3 is 3.00 bits per heavy atom. The number of aromatic nitrogens is 2. The third-order valence-electron chi connectivity index (χ3n) is 2.92. The lowest BCUT2D eigenvalue weighted by atomic mass is 10.1. The molecule has 1 atom stereocenters. The molecule has 1 aromatic heterocycles. The molecule has 3 N–H and O–H groups in total. The largest absolute Gasteiger partial charge is 0.396 e. The first-order valence-electron chi connectivity index (χ1n) is 5.61. The summed E-state index contributed by atoms with van der Waals surface area (Å²) in [4.78, 5) is 11.1. The zero-order chi connectivity index (χ0) is 12.4. The van der Waals surface area contributed by atoms with Gasteiger partial charge in [-0.2, -0.15) is 0 Å². The average Bonchev–Trinajstić information content (AvgIpc) is 2.76. The van der Waals surface area contributed by atoms with Crippen molar-refractivity contribution in [3.8, 4) is 0 Å². The van der Waals surface area contributed by atoms with Gasteiger partial charge in [-0.25, -0.2) is 9.97 Å². The fourth-order valence-corrected chi connectivity index (χ4v) is 2.09. The highest BCUT2D eigenvalue weighted by Crippen LogP contribution is 2.20. The molecular weight excluding hydrogens is 236 g/mol. The van der Waals surface area contributed by atoms with Crippen molar-refractivity contribution in [3.63, 3.8) is 0 Å². The van der Waals surface area contributed by atoms with Crippen LogP contribution in [0, 0.1) is 12.8 Å². The molecule has 0 amide bonds. The van der Waals surface area contributed by atoms with Crippen molar-refractivity contribution in [1.29, 1.82) is 0 Å². The number of hydrogen-bond donors (Lipinski definition) is 2. The maximum absolute atomic E-state index is 9.12. The summed E-state index contributed by atoms with van der Waals surface area (Å²) in [6.45, 7) is 3.76. The van der Waals surface area contributed by atoms with Crippen molar-refractivity contribution in [1.82, 2.24) is 9.97 Å². The van der Waals surface area contributed by atoms with E-state index in [0.29, 0.717) is 17.6 Å². The van der Waals surface area contributed by atoms with Gasteiger partial charge in [-0.05, 0) is 19.4 Å². The minimum atomic E-state index is 0.213. The third kappa shape index (κ3) is 2.70. The molecule has 92 valence electrons. The molecule has 0 saturated carbocycles. The van der Waals surface area contributed by atoms with Crippen molar-refractivity contribution < 1.29 is 5.11 Å². The summed E-state index contributed by atoms with van der Waals surface area (Å²) in [6, 6.07) is 1.78.